The second-order valence-corrected chi connectivity index (χ2v) is 3.79. The fourth-order valence-electron chi connectivity index (χ4n) is 1.61. The van der Waals surface area contributed by atoms with Crippen molar-refractivity contribution in [3.05, 3.63) is 49.3 Å². The van der Waals surface area contributed by atoms with Gasteiger partial charge in [-0.1, -0.05) is 6.07 Å². The molecule has 2 aromatic rings. The minimum atomic E-state index is 1.14. The van der Waals surface area contributed by atoms with Gasteiger partial charge in [0.05, 0.1) is 0 Å². The van der Waals surface area contributed by atoms with Crippen LogP contribution in [0, 0.1) is 0 Å². The molecule has 5 heteroatoms. The van der Waals surface area contributed by atoms with Crippen molar-refractivity contribution >= 4 is 0 Å². The summed E-state index contributed by atoms with van der Waals surface area (Å²) in [6, 6.07) is 5.72. The van der Waals surface area contributed by atoms with E-state index in [0.29, 0.717) is 0 Å². The molecule has 3 heterocycles. The third-order valence-electron chi connectivity index (χ3n) is 2.43. The summed E-state index contributed by atoms with van der Waals surface area (Å²) < 4.78 is 1.87. The summed E-state index contributed by atoms with van der Waals surface area (Å²) in [6.45, 7) is 2.27. The number of hydrogen-bond acceptors (Lipinski definition) is 4. The molecule has 1 saturated heterocycles. The zero-order valence-corrected chi connectivity index (χ0v) is 9.74. The SMILES string of the molecule is c1ccncc1.c1cn(NN2CCCC2)cn1. The predicted molar refractivity (Wildman–Crippen MR) is 66.6 cm³/mol. The molecule has 0 spiro atoms. The summed E-state index contributed by atoms with van der Waals surface area (Å²) in [5.41, 5.74) is 3.21. The maximum Gasteiger partial charge on any atom is 0.115 e. The summed E-state index contributed by atoms with van der Waals surface area (Å²) in [6.07, 6.45) is 11.5. The summed E-state index contributed by atoms with van der Waals surface area (Å²) in [4.78, 5) is 7.72. The Morgan fingerprint density at radius 2 is 1.65 bits per heavy atom. The number of imidazole rings is 1. The Kier molecular flexibility index (Phi) is 4.54. The third kappa shape index (κ3) is 4.24. The molecule has 17 heavy (non-hydrogen) atoms. The summed E-state index contributed by atoms with van der Waals surface area (Å²) in [5.74, 6) is 0. The van der Waals surface area contributed by atoms with Crippen molar-refractivity contribution in [2.24, 2.45) is 0 Å². The smallest absolute Gasteiger partial charge is 0.115 e. The van der Waals surface area contributed by atoms with Crippen LogP contribution in [0.4, 0.5) is 0 Å². The van der Waals surface area contributed by atoms with Gasteiger partial charge in [-0.25, -0.2) is 14.7 Å². The molecule has 1 aliphatic rings. The molecule has 0 bridgehead atoms. The fraction of sp³-hybridized carbons (Fsp3) is 0.333. The van der Waals surface area contributed by atoms with Gasteiger partial charge in [0.15, 0.2) is 0 Å². The van der Waals surface area contributed by atoms with E-state index >= 15 is 0 Å². The van der Waals surface area contributed by atoms with Crippen LogP contribution >= 0.6 is 0 Å². The second-order valence-electron chi connectivity index (χ2n) is 3.79. The lowest BCUT2D eigenvalue weighted by Crippen LogP contribution is -2.32. The highest BCUT2D eigenvalue weighted by atomic mass is 15.7. The van der Waals surface area contributed by atoms with Crippen LogP contribution in [-0.4, -0.2) is 32.7 Å². The molecule has 2 aromatic heterocycles. The monoisotopic (exact) mass is 231 g/mol. The molecule has 1 aliphatic heterocycles. The van der Waals surface area contributed by atoms with E-state index in [0.717, 1.165) is 13.1 Å². The number of hydrazine groups is 1. The van der Waals surface area contributed by atoms with Crippen LogP contribution in [0.15, 0.2) is 49.3 Å². The van der Waals surface area contributed by atoms with E-state index in [4.69, 9.17) is 0 Å². The van der Waals surface area contributed by atoms with Crippen LogP contribution in [0.3, 0.4) is 0 Å². The predicted octanol–water partition coefficient (Wildman–Crippen LogP) is 1.52. The van der Waals surface area contributed by atoms with Crippen LogP contribution in [0.5, 0.6) is 0 Å². The molecule has 1 fully saturated rings. The highest BCUT2D eigenvalue weighted by molar-refractivity contribution is 4.88. The average Bonchev–Trinajstić information content (AvgIpc) is 3.06. The number of pyridine rings is 1. The highest BCUT2D eigenvalue weighted by Gasteiger charge is 2.09. The van der Waals surface area contributed by atoms with Crippen molar-refractivity contribution in [1.82, 2.24) is 19.7 Å². The first-order valence-corrected chi connectivity index (χ1v) is 5.80. The Hall–Kier alpha value is -1.88. The van der Waals surface area contributed by atoms with Gasteiger partial charge in [0.25, 0.3) is 0 Å². The van der Waals surface area contributed by atoms with Crippen molar-refractivity contribution in [3.8, 4) is 0 Å². The molecular weight excluding hydrogens is 214 g/mol. The minimum absolute atomic E-state index is 1.14. The topological polar surface area (TPSA) is 46.0 Å². The van der Waals surface area contributed by atoms with Crippen LogP contribution in [0.1, 0.15) is 12.8 Å². The molecule has 0 aliphatic carbocycles. The number of nitrogens with one attached hydrogen (secondary N) is 1. The van der Waals surface area contributed by atoms with Gasteiger partial charge < -0.3 is 0 Å². The molecule has 5 nitrogen and oxygen atoms in total. The van der Waals surface area contributed by atoms with Gasteiger partial charge in [0, 0.05) is 37.9 Å². The number of nitrogens with zero attached hydrogens (tertiary/aromatic N) is 4. The van der Waals surface area contributed by atoms with Crippen molar-refractivity contribution < 1.29 is 0 Å². The largest absolute Gasteiger partial charge is 0.265 e. The molecule has 1 N–H and O–H groups in total. The normalized spacial score (nSPS) is 15.1. The first-order chi connectivity index (χ1) is 8.45. The van der Waals surface area contributed by atoms with Gasteiger partial charge >= 0.3 is 0 Å². The molecule has 0 amide bonds. The molecule has 0 aromatic carbocycles. The lowest BCUT2D eigenvalue weighted by molar-refractivity contribution is 0.356. The van der Waals surface area contributed by atoms with E-state index in [-0.39, 0.29) is 0 Å². The zero-order chi connectivity index (χ0) is 11.8. The lowest BCUT2D eigenvalue weighted by Gasteiger charge is -2.17. The van der Waals surface area contributed by atoms with Crippen LogP contribution in [-0.2, 0) is 0 Å². The van der Waals surface area contributed by atoms with E-state index in [1.807, 2.05) is 29.1 Å². The lowest BCUT2D eigenvalue weighted by atomic mass is 10.4. The van der Waals surface area contributed by atoms with Crippen molar-refractivity contribution in [1.29, 1.82) is 0 Å². The van der Waals surface area contributed by atoms with E-state index in [1.165, 1.54) is 12.8 Å². The minimum Gasteiger partial charge on any atom is -0.265 e. The standard InChI is InChI=1S/C7H12N4.C5H5N/c1-2-5-10(4-1)9-11-6-3-8-7-11;1-2-4-6-5-3-1/h3,6-7,9H,1-2,4-5H2;1-5H. The zero-order valence-electron chi connectivity index (χ0n) is 9.74. The molecule has 0 radical (unpaired) electrons. The number of rotatable bonds is 2. The number of aromatic nitrogens is 3. The summed E-state index contributed by atoms with van der Waals surface area (Å²) in [5, 5.41) is 2.20. The quantitative estimate of drug-likeness (QED) is 0.851. The number of hydrogen-bond donors (Lipinski definition) is 1. The molecular formula is C12H17N5. The summed E-state index contributed by atoms with van der Waals surface area (Å²) >= 11 is 0. The van der Waals surface area contributed by atoms with E-state index < -0.39 is 0 Å². The highest BCUT2D eigenvalue weighted by Crippen LogP contribution is 2.04. The summed E-state index contributed by atoms with van der Waals surface area (Å²) in [7, 11) is 0. The van der Waals surface area contributed by atoms with Crippen LogP contribution < -0.4 is 5.53 Å². The average molecular weight is 231 g/mol. The Morgan fingerprint density at radius 3 is 2.12 bits per heavy atom. The molecule has 0 atom stereocenters. The Bertz CT molecular complexity index is 354. The van der Waals surface area contributed by atoms with Crippen LogP contribution in [0.25, 0.3) is 0 Å². The Morgan fingerprint density at radius 1 is 0.882 bits per heavy atom. The van der Waals surface area contributed by atoms with Crippen molar-refractivity contribution in [2.45, 2.75) is 12.8 Å². The fourth-order valence-corrected chi connectivity index (χ4v) is 1.61. The van der Waals surface area contributed by atoms with Gasteiger partial charge in [-0.15, -0.1) is 0 Å². The van der Waals surface area contributed by atoms with Crippen LogP contribution in [0.2, 0.25) is 0 Å². The second kappa shape index (κ2) is 6.65. The van der Waals surface area contributed by atoms with E-state index in [2.05, 4.69) is 20.5 Å². The third-order valence-corrected chi connectivity index (χ3v) is 2.43. The van der Waals surface area contributed by atoms with Crippen molar-refractivity contribution in [3.63, 3.8) is 0 Å². The van der Waals surface area contributed by atoms with Gasteiger partial charge in [-0.2, -0.15) is 0 Å². The first-order valence-electron chi connectivity index (χ1n) is 5.80. The van der Waals surface area contributed by atoms with Crippen molar-refractivity contribution in [2.75, 3.05) is 18.6 Å². The van der Waals surface area contributed by atoms with Gasteiger partial charge in [0.1, 0.15) is 6.33 Å². The molecule has 0 saturated carbocycles. The maximum atomic E-state index is 3.94. The first kappa shape index (κ1) is 11.6. The molecule has 3 rings (SSSR count). The molecule has 0 unspecified atom stereocenters. The maximum absolute atomic E-state index is 3.94. The van der Waals surface area contributed by atoms with E-state index in [9.17, 15) is 0 Å². The van der Waals surface area contributed by atoms with Gasteiger partial charge in [-0.3, -0.25) is 10.5 Å². The molecule has 90 valence electrons. The Balaban J connectivity index is 0.000000153. The Labute approximate surface area is 101 Å². The van der Waals surface area contributed by atoms with Gasteiger partial charge in [-0.05, 0) is 25.0 Å². The van der Waals surface area contributed by atoms with E-state index in [1.54, 1.807) is 24.9 Å². The van der Waals surface area contributed by atoms with Gasteiger partial charge in [0.2, 0.25) is 0 Å².